The molecule has 0 spiro atoms. The number of hydrogen-bond acceptors (Lipinski definition) is 6. The maximum absolute atomic E-state index is 12.5. The van der Waals surface area contributed by atoms with Crippen LogP contribution in [0.5, 0.6) is 11.5 Å². The van der Waals surface area contributed by atoms with Crippen molar-refractivity contribution in [1.82, 2.24) is 19.2 Å². The van der Waals surface area contributed by atoms with Gasteiger partial charge in [-0.05, 0) is 67.0 Å². The summed E-state index contributed by atoms with van der Waals surface area (Å²) in [5, 5.41) is 3.02. The van der Waals surface area contributed by atoms with E-state index < -0.39 is 0 Å². The van der Waals surface area contributed by atoms with Crippen LogP contribution in [0.3, 0.4) is 0 Å². The number of aromatic nitrogens is 2. The molecule has 0 unspecified atom stereocenters. The smallest absolute Gasteiger partial charge is 0.238 e. The van der Waals surface area contributed by atoms with Gasteiger partial charge in [-0.25, -0.2) is 4.98 Å². The summed E-state index contributed by atoms with van der Waals surface area (Å²) in [6, 6.07) is 18.3. The second-order valence-corrected chi connectivity index (χ2v) is 9.86. The number of pyridine rings is 1. The zero-order chi connectivity index (χ0) is 27.4. The first-order valence-corrected chi connectivity index (χ1v) is 13.6. The van der Waals surface area contributed by atoms with Gasteiger partial charge in [0.2, 0.25) is 5.91 Å². The Morgan fingerprint density at radius 3 is 2.41 bits per heavy atom. The number of imidazole rings is 1. The average molecular weight is 528 g/mol. The third-order valence-corrected chi connectivity index (χ3v) is 7.50. The van der Waals surface area contributed by atoms with Crippen molar-refractivity contribution in [3.8, 4) is 22.8 Å². The third-order valence-electron chi connectivity index (χ3n) is 7.50. The van der Waals surface area contributed by atoms with Gasteiger partial charge in [0.1, 0.15) is 5.65 Å². The Kier molecular flexibility index (Phi) is 8.14. The van der Waals surface area contributed by atoms with Crippen molar-refractivity contribution < 1.29 is 14.3 Å². The number of anilines is 1. The van der Waals surface area contributed by atoms with E-state index in [2.05, 4.69) is 51.7 Å². The quantitative estimate of drug-likeness (QED) is 0.318. The zero-order valence-corrected chi connectivity index (χ0v) is 23.2. The Hall–Kier alpha value is -3.88. The van der Waals surface area contributed by atoms with Crippen LogP contribution in [0.1, 0.15) is 30.7 Å². The molecule has 39 heavy (non-hydrogen) atoms. The van der Waals surface area contributed by atoms with Gasteiger partial charge >= 0.3 is 0 Å². The molecule has 0 saturated carbocycles. The molecule has 8 nitrogen and oxygen atoms in total. The topological polar surface area (TPSA) is 71.3 Å². The molecule has 3 heterocycles. The molecule has 1 amide bonds. The van der Waals surface area contributed by atoms with Gasteiger partial charge in [-0.15, -0.1) is 0 Å². The number of amides is 1. The molecule has 0 fully saturated rings. The van der Waals surface area contributed by atoms with Gasteiger partial charge in [0.15, 0.2) is 11.5 Å². The van der Waals surface area contributed by atoms with E-state index in [4.69, 9.17) is 14.5 Å². The van der Waals surface area contributed by atoms with Gasteiger partial charge in [-0.3, -0.25) is 14.6 Å². The largest absolute Gasteiger partial charge is 0.493 e. The molecule has 0 bridgehead atoms. The second-order valence-electron chi connectivity index (χ2n) is 9.86. The molecule has 1 aliphatic heterocycles. The molecule has 5 rings (SSSR count). The molecule has 1 aliphatic rings. The number of benzene rings is 2. The first-order valence-electron chi connectivity index (χ1n) is 13.6. The van der Waals surface area contributed by atoms with Crippen molar-refractivity contribution in [2.75, 3.05) is 45.7 Å². The highest BCUT2D eigenvalue weighted by atomic mass is 16.5. The molecule has 0 saturated heterocycles. The van der Waals surface area contributed by atoms with Crippen LogP contribution in [-0.4, -0.2) is 65.5 Å². The van der Waals surface area contributed by atoms with E-state index in [-0.39, 0.29) is 5.91 Å². The molecule has 2 aromatic carbocycles. The summed E-state index contributed by atoms with van der Waals surface area (Å²) in [5.74, 6) is 1.54. The van der Waals surface area contributed by atoms with Crippen LogP contribution in [0.2, 0.25) is 0 Å². The SMILES string of the molecule is CCN(CC)CC(=O)Nc1ccc(-c2nc3ccccn3c2CN2CCc3cc(OC)c(OC)cc3C2)cc1. The molecule has 204 valence electrons. The monoisotopic (exact) mass is 527 g/mol. The number of ether oxygens (including phenoxy) is 2. The summed E-state index contributed by atoms with van der Waals surface area (Å²) in [6.45, 7) is 8.75. The minimum absolute atomic E-state index is 0.000464. The highest BCUT2D eigenvalue weighted by molar-refractivity contribution is 5.92. The predicted molar refractivity (Wildman–Crippen MR) is 154 cm³/mol. The van der Waals surface area contributed by atoms with Gasteiger partial charge in [0, 0.05) is 37.1 Å². The van der Waals surface area contributed by atoms with E-state index in [1.807, 2.05) is 42.5 Å². The van der Waals surface area contributed by atoms with Crippen LogP contribution in [0, 0.1) is 0 Å². The highest BCUT2D eigenvalue weighted by Gasteiger charge is 2.23. The number of carbonyl (C=O) groups excluding carboxylic acids is 1. The van der Waals surface area contributed by atoms with Crippen molar-refractivity contribution in [2.45, 2.75) is 33.4 Å². The van der Waals surface area contributed by atoms with Crippen LogP contribution in [0.4, 0.5) is 5.69 Å². The summed E-state index contributed by atoms with van der Waals surface area (Å²) >= 11 is 0. The molecule has 1 N–H and O–H groups in total. The van der Waals surface area contributed by atoms with Gasteiger partial charge in [0.05, 0.1) is 32.2 Å². The minimum atomic E-state index is -0.000464. The lowest BCUT2D eigenvalue weighted by molar-refractivity contribution is -0.117. The van der Waals surface area contributed by atoms with Gasteiger partial charge in [-0.2, -0.15) is 0 Å². The number of rotatable bonds is 10. The maximum Gasteiger partial charge on any atom is 0.238 e. The van der Waals surface area contributed by atoms with Crippen LogP contribution in [0.25, 0.3) is 16.9 Å². The molecule has 0 aliphatic carbocycles. The van der Waals surface area contributed by atoms with Gasteiger partial charge < -0.3 is 19.2 Å². The van der Waals surface area contributed by atoms with E-state index in [9.17, 15) is 4.79 Å². The first-order chi connectivity index (χ1) is 19.0. The first kappa shape index (κ1) is 26.7. The van der Waals surface area contributed by atoms with Crippen molar-refractivity contribution in [1.29, 1.82) is 0 Å². The van der Waals surface area contributed by atoms with E-state index in [1.54, 1.807) is 14.2 Å². The fourth-order valence-electron chi connectivity index (χ4n) is 5.28. The zero-order valence-electron chi connectivity index (χ0n) is 23.2. The lowest BCUT2D eigenvalue weighted by Crippen LogP contribution is -2.32. The fraction of sp³-hybridized carbons (Fsp3) is 0.355. The Bertz CT molecular complexity index is 1440. The molecule has 0 radical (unpaired) electrons. The number of methoxy groups -OCH3 is 2. The van der Waals surface area contributed by atoms with E-state index in [1.165, 1.54) is 11.1 Å². The molecular formula is C31H37N5O3. The van der Waals surface area contributed by atoms with Crippen molar-refractivity contribution in [3.05, 3.63) is 77.6 Å². The van der Waals surface area contributed by atoms with Gasteiger partial charge in [-0.1, -0.05) is 32.0 Å². The molecule has 0 atom stereocenters. The number of fused-ring (bicyclic) bond motifs is 2. The maximum atomic E-state index is 12.5. The number of nitrogens with one attached hydrogen (secondary N) is 1. The van der Waals surface area contributed by atoms with E-state index in [0.717, 1.165) is 78.9 Å². The standard InChI is InChI=1S/C31H37N5O3/c1-5-34(6-2)21-30(37)32-25-12-10-22(11-13-25)31-26(36-15-8-7-9-29(36)33-31)20-35-16-14-23-17-27(38-3)28(39-4)18-24(23)19-35/h7-13,15,17-18H,5-6,14,16,19-21H2,1-4H3,(H,32,37). The summed E-state index contributed by atoms with van der Waals surface area (Å²) in [5.41, 5.74) is 7.41. The number of nitrogens with zero attached hydrogens (tertiary/aromatic N) is 4. The normalized spacial score (nSPS) is 13.5. The highest BCUT2D eigenvalue weighted by Crippen LogP contribution is 2.34. The minimum Gasteiger partial charge on any atom is -0.493 e. The molecule has 2 aromatic heterocycles. The summed E-state index contributed by atoms with van der Waals surface area (Å²) in [6.07, 6.45) is 3.03. The number of likely N-dealkylation sites (N-methyl/N-ethyl adjacent to an activating group) is 1. The number of carbonyl (C=O) groups is 1. The van der Waals surface area contributed by atoms with E-state index >= 15 is 0 Å². The third kappa shape index (κ3) is 5.77. The average Bonchev–Trinajstić information content (AvgIpc) is 3.33. The molecular weight excluding hydrogens is 490 g/mol. The Morgan fingerprint density at radius 2 is 1.72 bits per heavy atom. The number of hydrogen-bond donors (Lipinski definition) is 1. The Labute approximate surface area is 230 Å². The van der Waals surface area contributed by atoms with Crippen molar-refractivity contribution >= 4 is 17.2 Å². The van der Waals surface area contributed by atoms with E-state index in [0.29, 0.717) is 6.54 Å². The van der Waals surface area contributed by atoms with Crippen LogP contribution in [-0.2, 0) is 24.3 Å². The predicted octanol–water partition coefficient (Wildman–Crippen LogP) is 4.86. The van der Waals surface area contributed by atoms with Crippen molar-refractivity contribution in [3.63, 3.8) is 0 Å². The fourth-order valence-corrected chi connectivity index (χ4v) is 5.28. The van der Waals surface area contributed by atoms with Crippen LogP contribution < -0.4 is 14.8 Å². The summed E-state index contributed by atoms with van der Waals surface area (Å²) in [7, 11) is 3.36. The molecule has 8 heteroatoms. The van der Waals surface area contributed by atoms with Crippen LogP contribution >= 0.6 is 0 Å². The second kappa shape index (κ2) is 11.9. The Balaban J connectivity index is 1.38. The summed E-state index contributed by atoms with van der Waals surface area (Å²) in [4.78, 5) is 22.0. The van der Waals surface area contributed by atoms with Gasteiger partial charge in [0.25, 0.3) is 0 Å². The van der Waals surface area contributed by atoms with Crippen molar-refractivity contribution in [2.24, 2.45) is 0 Å². The lowest BCUT2D eigenvalue weighted by atomic mass is 9.98. The van der Waals surface area contributed by atoms with Crippen LogP contribution in [0.15, 0.2) is 60.8 Å². The molecule has 4 aromatic rings. The Morgan fingerprint density at radius 1 is 1.00 bits per heavy atom. The summed E-state index contributed by atoms with van der Waals surface area (Å²) < 4.78 is 13.2. The lowest BCUT2D eigenvalue weighted by Gasteiger charge is -2.29.